The minimum atomic E-state index is -0.301. The second-order valence-corrected chi connectivity index (χ2v) is 6.81. The average Bonchev–Trinajstić information content (AvgIpc) is 2.98. The zero-order chi connectivity index (χ0) is 21.0. The molecular formula is C22H24N2O5. The number of ether oxygens (including phenoxy) is 2. The van der Waals surface area contributed by atoms with E-state index in [4.69, 9.17) is 9.47 Å². The number of hydrogen-bond donors (Lipinski definition) is 1. The van der Waals surface area contributed by atoms with E-state index in [2.05, 4.69) is 5.32 Å². The van der Waals surface area contributed by atoms with E-state index in [9.17, 15) is 14.4 Å². The number of carbonyl (C=O) groups is 3. The van der Waals surface area contributed by atoms with Crippen LogP contribution in [0, 0.1) is 0 Å². The van der Waals surface area contributed by atoms with Crippen LogP contribution in [0.25, 0.3) is 0 Å². The Balaban J connectivity index is 1.52. The third kappa shape index (κ3) is 4.23. The topological polar surface area (TPSA) is 84.9 Å². The first-order chi connectivity index (χ1) is 14.0. The lowest BCUT2D eigenvalue weighted by Gasteiger charge is -2.17. The second-order valence-electron chi connectivity index (χ2n) is 6.81. The van der Waals surface area contributed by atoms with Gasteiger partial charge in [0.15, 0.2) is 11.5 Å². The summed E-state index contributed by atoms with van der Waals surface area (Å²) in [7, 11) is 3.13. The lowest BCUT2D eigenvalue weighted by atomic mass is 10.1. The molecule has 2 aromatic carbocycles. The van der Waals surface area contributed by atoms with Crippen molar-refractivity contribution in [2.75, 3.05) is 20.8 Å². The number of hydrogen-bond acceptors (Lipinski definition) is 5. The van der Waals surface area contributed by atoms with E-state index in [1.54, 1.807) is 44.6 Å². The Kier molecular flexibility index (Phi) is 6.16. The molecule has 0 aromatic heterocycles. The van der Waals surface area contributed by atoms with Crippen LogP contribution < -0.4 is 14.8 Å². The van der Waals surface area contributed by atoms with Crippen molar-refractivity contribution < 1.29 is 23.9 Å². The van der Waals surface area contributed by atoms with E-state index < -0.39 is 0 Å². The van der Waals surface area contributed by atoms with Gasteiger partial charge in [0.2, 0.25) is 5.91 Å². The molecule has 1 heterocycles. The van der Waals surface area contributed by atoms with Gasteiger partial charge in [-0.05, 0) is 43.2 Å². The molecule has 1 aliphatic rings. The number of nitrogens with zero attached hydrogens (tertiary/aromatic N) is 1. The molecule has 0 unspecified atom stereocenters. The van der Waals surface area contributed by atoms with Crippen molar-refractivity contribution in [2.24, 2.45) is 0 Å². The maximum atomic E-state index is 12.3. The molecule has 1 N–H and O–H groups in total. The molecule has 0 spiro atoms. The van der Waals surface area contributed by atoms with Gasteiger partial charge in [0.05, 0.1) is 31.4 Å². The summed E-state index contributed by atoms with van der Waals surface area (Å²) >= 11 is 0. The molecule has 7 heteroatoms. The Morgan fingerprint density at radius 3 is 2.21 bits per heavy atom. The van der Waals surface area contributed by atoms with Gasteiger partial charge in [0.1, 0.15) is 0 Å². The van der Waals surface area contributed by atoms with Crippen LogP contribution in [-0.4, -0.2) is 43.4 Å². The first-order valence-electron chi connectivity index (χ1n) is 9.42. The first-order valence-corrected chi connectivity index (χ1v) is 9.42. The monoisotopic (exact) mass is 396 g/mol. The van der Waals surface area contributed by atoms with Crippen LogP contribution in [0.5, 0.6) is 11.5 Å². The maximum Gasteiger partial charge on any atom is 0.261 e. The summed E-state index contributed by atoms with van der Waals surface area (Å²) < 4.78 is 10.5. The van der Waals surface area contributed by atoms with E-state index in [1.165, 1.54) is 4.90 Å². The third-order valence-corrected chi connectivity index (χ3v) is 4.95. The summed E-state index contributed by atoms with van der Waals surface area (Å²) in [5.74, 6) is 0.464. The van der Waals surface area contributed by atoms with Crippen LogP contribution in [-0.2, 0) is 4.79 Å². The normalized spacial score (nSPS) is 13.8. The van der Waals surface area contributed by atoms with Crippen LogP contribution in [0.1, 0.15) is 52.1 Å². The molecule has 7 nitrogen and oxygen atoms in total. The summed E-state index contributed by atoms with van der Waals surface area (Å²) in [5, 5.41) is 2.93. The van der Waals surface area contributed by atoms with Gasteiger partial charge in [-0.25, -0.2) is 0 Å². The van der Waals surface area contributed by atoms with Gasteiger partial charge in [0.25, 0.3) is 11.8 Å². The highest BCUT2D eigenvalue weighted by atomic mass is 16.5. The second kappa shape index (κ2) is 8.77. The lowest BCUT2D eigenvalue weighted by Crippen LogP contribution is -2.32. The molecular weight excluding hydrogens is 372 g/mol. The Labute approximate surface area is 169 Å². The van der Waals surface area contributed by atoms with E-state index in [-0.39, 0.29) is 36.7 Å². The predicted molar refractivity (Wildman–Crippen MR) is 107 cm³/mol. The molecule has 3 rings (SSSR count). The SMILES string of the molecule is COc1ccc([C@H](C)NC(=O)CCCN2C(=O)c3ccccc3C2=O)cc1OC. The minimum absolute atomic E-state index is 0.149. The third-order valence-electron chi connectivity index (χ3n) is 4.95. The van der Waals surface area contributed by atoms with E-state index in [0.717, 1.165) is 5.56 Å². The van der Waals surface area contributed by atoms with Gasteiger partial charge >= 0.3 is 0 Å². The molecule has 0 radical (unpaired) electrons. The molecule has 0 fully saturated rings. The maximum absolute atomic E-state index is 12.3. The molecule has 29 heavy (non-hydrogen) atoms. The summed E-state index contributed by atoms with van der Waals surface area (Å²) in [5.41, 5.74) is 1.73. The fourth-order valence-electron chi connectivity index (χ4n) is 3.36. The molecule has 2 aromatic rings. The van der Waals surface area contributed by atoms with Crippen LogP contribution >= 0.6 is 0 Å². The first kappa shape index (κ1) is 20.4. The summed E-state index contributed by atoms with van der Waals surface area (Å²) in [4.78, 5) is 38.2. The number of carbonyl (C=O) groups excluding carboxylic acids is 3. The van der Waals surface area contributed by atoms with Crippen LogP contribution in [0.3, 0.4) is 0 Å². The largest absolute Gasteiger partial charge is 0.493 e. The minimum Gasteiger partial charge on any atom is -0.493 e. The predicted octanol–water partition coefficient (Wildman–Crippen LogP) is 2.96. The molecule has 0 aliphatic carbocycles. The molecule has 0 saturated carbocycles. The fourth-order valence-corrected chi connectivity index (χ4v) is 3.36. The van der Waals surface area contributed by atoms with Crippen molar-refractivity contribution in [2.45, 2.75) is 25.8 Å². The van der Waals surface area contributed by atoms with Crippen molar-refractivity contribution in [1.29, 1.82) is 0 Å². The van der Waals surface area contributed by atoms with Crippen molar-refractivity contribution >= 4 is 17.7 Å². The van der Waals surface area contributed by atoms with Gasteiger partial charge < -0.3 is 14.8 Å². The highest BCUT2D eigenvalue weighted by Crippen LogP contribution is 2.30. The summed E-state index contributed by atoms with van der Waals surface area (Å²) in [6.07, 6.45) is 0.612. The van der Waals surface area contributed by atoms with Gasteiger partial charge in [-0.15, -0.1) is 0 Å². The van der Waals surface area contributed by atoms with Crippen molar-refractivity contribution in [3.8, 4) is 11.5 Å². The zero-order valence-corrected chi connectivity index (χ0v) is 16.7. The highest BCUT2D eigenvalue weighted by Gasteiger charge is 2.34. The molecule has 3 amide bonds. The highest BCUT2D eigenvalue weighted by molar-refractivity contribution is 6.21. The standard InChI is InChI=1S/C22H24N2O5/c1-14(15-10-11-18(28-2)19(13-15)29-3)23-20(25)9-6-12-24-21(26)16-7-4-5-8-17(16)22(24)27/h4-5,7-8,10-11,13-14H,6,9,12H2,1-3H3,(H,23,25)/t14-/m0/s1. The Hall–Kier alpha value is -3.35. The zero-order valence-electron chi connectivity index (χ0n) is 16.7. The number of methoxy groups -OCH3 is 2. The van der Waals surface area contributed by atoms with Gasteiger partial charge in [-0.1, -0.05) is 18.2 Å². The van der Waals surface area contributed by atoms with Crippen molar-refractivity contribution in [1.82, 2.24) is 10.2 Å². The van der Waals surface area contributed by atoms with Crippen molar-refractivity contribution in [3.05, 3.63) is 59.2 Å². The summed E-state index contributed by atoms with van der Waals surface area (Å²) in [6, 6.07) is 12.0. The fraction of sp³-hybridized carbons (Fsp3) is 0.318. The number of benzene rings is 2. The molecule has 0 bridgehead atoms. The molecule has 152 valence electrons. The van der Waals surface area contributed by atoms with Crippen LogP contribution in [0.15, 0.2) is 42.5 Å². The quantitative estimate of drug-likeness (QED) is 0.694. The van der Waals surface area contributed by atoms with Crippen molar-refractivity contribution in [3.63, 3.8) is 0 Å². The van der Waals surface area contributed by atoms with Crippen LogP contribution in [0.2, 0.25) is 0 Å². The number of rotatable bonds is 8. The molecule has 1 atom stereocenters. The summed E-state index contributed by atoms with van der Waals surface area (Å²) in [6.45, 7) is 2.09. The number of imide groups is 1. The Morgan fingerprint density at radius 2 is 1.62 bits per heavy atom. The number of amides is 3. The van der Waals surface area contributed by atoms with E-state index in [0.29, 0.717) is 29.0 Å². The smallest absolute Gasteiger partial charge is 0.261 e. The Bertz CT molecular complexity index is 906. The van der Waals surface area contributed by atoms with E-state index in [1.807, 2.05) is 19.1 Å². The lowest BCUT2D eigenvalue weighted by molar-refractivity contribution is -0.121. The molecule has 0 saturated heterocycles. The average molecular weight is 396 g/mol. The van der Waals surface area contributed by atoms with E-state index >= 15 is 0 Å². The Morgan fingerprint density at radius 1 is 1.00 bits per heavy atom. The van der Waals surface area contributed by atoms with Gasteiger partial charge in [-0.2, -0.15) is 0 Å². The number of fused-ring (bicyclic) bond motifs is 1. The molecule has 1 aliphatic heterocycles. The van der Waals surface area contributed by atoms with Crippen LogP contribution in [0.4, 0.5) is 0 Å². The van der Waals surface area contributed by atoms with Gasteiger partial charge in [-0.3, -0.25) is 19.3 Å². The number of nitrogens with one attached hydrogen (secondary N) is 1. The van der Waals surface area contributed by atoms with Gasteiger partial charge in [0, 0.05) is 13.0 Å².